The highest BCUT2D eigenvalue weighted by molar-refractivity contribution is 9.10. The molecule has 2 aromatic rings. The molecular formula is C18H18BrCl2FN2OS. The Balaban J connectivity index is 1.50. The summed E-state index contributed by atoms with van der Waals surface area (Å²) in [7, 11) is 0. The van der Waals surface area contributed by atoms with Gasteiger partial charge in [-0.2, -0.15) is 0 Å². The molecule has 1 aromatic heterocycles. The molecule has 1 aliphatic rings. The molecule has 0 saturated carbocycles. The minimum absolute atomic E-state index is 0.00560. The molecule has 1 aliphatic heterocycles. The van der Waals surface area contributed by atoms with Crippen molar-refractivity contribution in [2.45, 2.75) is 25.1 Å². The van der Waals surface area contributed by atoms with E-state index in [1.165, 1.54) is 17.0 Å². The summed E-state index contributed by atoms with van der Waals surface area (Å²) in [5, 5.41) is 5.49. The van der Waals surface area contributed by atoms with Crippen molar-refractivity contribution in [3.05, 3.63) is 54.6 Å². The zero-order chi connectivity index (χ0) is 18.7. The number of thiophene rings is 1. The van der Waals surface area contributed by atoms with Gasteiger partial charge >= 0.3 is 0 Å². The minimum atomic E-state index is -1.38. The average molecular weight is 480 g/mol. The Labute approximate surface area is 174 Å². The highest BCUT2D eigenvalue weighted by Crippen LogP contribution is 2.29. The molecule has 1 N–H and O–H groups in total. The highest BCUT2D eigenvalue weighted by atomic mass is 79.9. The molecule has 0 spiro atoms. The van der Waals surface area contributed by atoms with E-state index in [0.29, 0.717) is 41.5 Å². The molecule has 26 heavy (non-hydrogen) atoms. The smallest absolute Gasteiger partial charge is 0.251 e. The normalized spacial score (nSPS) is 17.2. The van der Waals surface area contributed by atoms with Gasteiger partial charge in [0.2, 0.25) is 0 Å². The van der Waals surface area contributed by atoms with Crippen molar-refractivity contribution in [3.8, 4) is 0 Å². The molecule has 0 radical (unpaired) electrons. The van der Waals surface area contributed by atoms with Crippen LogP contribution in [0.25, 0.3) is 0 Å². The summed E-state index contributed by atoms with van der Waals surface area (Å²) in [6.07, 6.45) is 0.798. The lowest BCUT2D eigenvalue weighted by atomic mass is 9.93. The second kappa shape index (κ2) is 8.57. The molecule has 3 nitrogen and oxygen atoms in total. The SMILES string of the molecule is O=C(NCC1(F)CCN(Cc2cc(Br)cs2)CC1)c1cc(Cl)cc(Cl)c1. The number of carbonyl (C=O) groups is 1. The van der Waals surface area contributed by atoms with Crippen LogP contribution in [-0.4, -0.2) is 36.1 Å². The number of rotatable bonds is 5. The number of halogens is 4. The van der Waals surface area contributed by atoms with E-state index >= 15 is 4.39 Å². The standard InChI is InChI=1S/C18H18BrCl2FN2OS/c19-13-7-16(26-10-13)9-24-3-1-18(22,2-4-24)11-23-17(25)12-5-14(20)8-15(21)6-12/h5-8,10H,1-4,9,11H2,(H,23,25). The fourth-order valence-corrected chi connectivity index (χ4v) is 4.99. The van der Waals surface area contributed by atoms with Crippen LogP contribution < -0.4 is 5.32 Å². The van der Waals surface area contributed by atoms with Crippen molar-refractivity contribution in [1.82, 2.24) is 10.2 Å². The molecule has 8 heteroatoms. The van der Waals surface area contributed by atoms with Crippen molar-refractivity contribution in [3.63, 3.8) is 0 Å². The predicted molar refractivity (Wildman–Crippen MR) is 109 cm³/mol. The lowest BCUT2D eigenvalue weighted by molar-refractivity contribution is 0.0521. The van der Waals surface area contributed by atoms with Gasteiger partial charge in [0.15, 0.2) is 0 Å². The molecule has 140 valence electrons. The predicted octanol–water partition coefficient (Wildman–Crippen LogP) is 5.55. The van der Waals surface area contributed by atoms with Crippen LogP contribution >= 0.6 is 50.5 Å². The van der Waals surface area contributed by atoms with Crippen LogP contribution in [0, 0.1) is 0 Å². The molecule has 2 heterocycles. The maximum Gasteiger partial charge on any atom is 0.251 e. The van der Waals surface area contributed by atoms with Gasteiger partial charge in [-0.25, -0.2) is 4.39 Å². The Kier molecular flexibility index (Phi) is 6.62. The summed E-state index contributed by atoms with van der Waals surface area (Å²) in [5.74, 6) is -0.364. The summed E-state index contributed by atoms with van der Waals surface area (Å²) < 4.78 is 16.1. The molecule has 1 aromatic carbocycles. The third kappa shape index (κ3) is 5.42. The van der Waals surface area contributed by atoms with Crippen molar-refractivity contribution in [2.24, 2.45) is 0 Å². The fraction of sp³-hybridized carbons (Fsp3) is 0.389. The number of benzene rings is 1. The topological polar surface area (TPSA) is 32.3 Å². The Hall–Kier alpha value is -0.660. The summed E-state index contributed by atoms with van der Waals surface area (Å²) in [6, 6.07) is 6.70. The van der Waals surface area contributed by atoms with Crippen molar-refractivity contribution in [2.75, 3.05) is 19.6 Å². The van der Waals surface area contributed by atoms with Crippen molar-refractivity contribution >= 4 is 56.4 Å². The number of nitrogens with one attached hydrogen (secondary N) is 1. The van der Waals surface area contributed by atoms with Crippen LogP contribution in [0.4, 0.5) is 4.39 Å². The molecule has 0 aliphatic carbocycles. The minimum Gasteiger partial charge on any atom is -0.349 e. The van der Waals surface area contributed by atoms with E-state index in [-0.39, 0.29) is 12.5 Å². The van der Waals surface area contributed by atoms with Crippen LogP contribution in [-0.2, 0) is 6.54 Å². The zero-order valence-electron chi connectivity index (χ0n) is 13.9. The lowest BCUT2D eigenvalue weighted by Crippen LogP contribution is -2.47. The Morgan fingerprint density at radius 1 is 1.23 bits per heavy atom. The van der Waals surface area contributed by atoms with Gasteiger partial charge in [-0.15, -0.1) is 11.3 Å². The van der Waals surface area contributed by atoms with Crippen molar-refractivity contribution < 1.29 is 9.18 Å². The Morgan fingerprint density at radius 2 is 1.88 bits per heavy atom. The fourth-order valence-electron chi connectivity index (χ4n) is 2.97. The summed E-state index contributed by atoms with van der Waals surface area (Å²) in [6.45, 7) is 2.17. The van der Waals surface area contributed by atoms with Crippen molar-refractivity contribution in [1.29, 1.82) is 0 Å². The van der Waals surface area contributed by atoms with Crippen LogP contribution in [0.1, 0.15) is 28.1 Å². The Morgan fingerprint density at radius 3 is 2.46 bits per heavy atom. The highest BCUT2D eigenvalue weighted by Gasteiger charge is 2.35. The molecule has 3 rings (SSSR count). The number of alkyl halides is 1. The van der Waals surface area contributed by atoms with Crippen LogP contribution in [0.5, 0.6) is 0 Å². The second-order valence-corrected chi connectivity index (χ2v) is 9.28. The van der Waals surface area contributed by atoms with E-state index in [4.69, 9.17) is 23.2 Å². The first-order valence-electron chi connectivity index (χ1n) is 8.21. The van der Waals surface area contributed by atoms with Gasteiger partial charge in [0.1, 0.15) is 5.67 Å². The van der Waals surface area contributed by atoms with Crippen LogP contribution in [0.3, 0.4) is 0 Å². The summed E-state index contributed by atoms with van der Waals surface area (Å²) >= 11 is 17.0. The van der Waals surface area contributed by atoms with Crippen LogP contribution in [0.2, 0.25) is 10.0 Å². The van der Waals surface area contributed by atoms with Gasteiger partial charge in [-0.3, -0.25) is 9.69 Å². The maximum atomic E-state index is 15.0. The number of nitrogens with zero attached hydrogens (tertiary/aromatic N) is 1. The first kappa shape index (κ1) is 20.1. The van der Waals surface area contributed by atoms with E-state index in [2.05, 4.69) is 37.6 Å². The lowest BCUT2D eigenvalue weighted by Gasteiger charge is -2.36. The molecule has 0 atom stereocenters. The van der Waals surface area contributed by atoms with Crippen LogP contribution in [0.15, 0.2) is 34.1 Å². The van der Waals surface area contributed by atoms with E-state index in [1.807, 2.05) is 0 Å². The maximum absolute atomic E-state index is 15.0. The third-order valence-corrected chi connectivity index (χ3v) is 6.56. The summed E-state index contributed by atoms with van der Waals surface area (Å²) in [4.78, 5) is 15.7. The first-order chi connectivity index (χ1) is 12.3. The molecular weight excluding hydrogens is 462 g/mol. The van der Waals surface area contributed by atoms with Gasteiger partial charge in [-0.05, 0) is 53.0 Å². The molecule has 0 unspecified atom stereocenters. The summed E-state index contributed by atoms with van der Waals surface area (Å²) in [5.41, 5.74) is -1.04. The number of hydrogen-bond donors (Lipinski definition) is 1. The largest absolute Gasteiger partial charge is 0.349 e. The number of hydrogen-bond acceptors (Lipinski definition) is 3. The van der Waals surface area contributed by atoms with E-state index in [1.54, 1.807) is 17.4 Å². The number of piperidine rings is 1. The second-order valence-electron chi connectivity index (χ2n) is 6.50. The number of amides is 1. The van der Waals surface area contributed by atoms with E-state index in [0.717, 1.165) is 11.0 Å². The average Bonchev–Trinajstić information content (AvgIpc) is 2.99. The monoisotopic (exact) mass is 478 g/mol. The van der Waals surface area contributed by atoms with Gasteiger partial charge in [0, 0.05) is 50.0 Å². The van der Waals surface area contributed by atoms with E-state index in [9.17, 15) is 4.79 Å². The molecule has 0 bridgehead atoms. The van der Waals surface area contributed by atoms with Gasteiger partial charge < -0.3 is 5.32 Å². The zero-order valence-corrected chi connectivity index (χ0v) is 17.8. The van der Waals surface area contributed by atoms with Gasteiger partial charge in [-0.1, -0.05) is 23.2 Å². The van der Waals surface area contributed by atoms with E-state index < -0.39 is 5.67 Å². The number of likely N-dealkylation sites (tertiary alicyclic amines) is 1. The quantitative estimate of drug-likeness (QED) is 0.609. The van der Waals surface area contributed by atoms with Gasteiger partial charge in [0.05, 0.1) is 6.54 Å². The molecule has 1 amide bonds. The first-order valence-corrected chi connectivity index (χ1v) is 10.6. The number of carbonyl (C=O) groups excluding carboxylic acids is 1. The molecule has 1 saturated heterocycles. The van der Waals surface area contributed by atoms with Gasteiger partial charge in [0.25, 0.3) is 5.91 Å². The Bertz CT molecular complexity index is 773. The third-order valence-electron chi connectivity index (χ3n) is 4.44. The molecule has 1 fully saturated rings.